The van der Waals surface area contributed by atoms with E-state index < -0.39 is 17.9 Å². The number of alkyl halides is 3. The molecule has 0 atom stereocenters. The maximum Gasteiger partial charge on any atom is 0.573 e. The second-order valence-electron chi connectivity index (χ2n) is 8.91. The van der Waals surface area contributed by atoms with Crippen LogP contribution in [-0.4, -0.2) is 45.4 Å². The van der Waals surface area contributed by atoms with Gasteiger partial charge in [-0.1, -0.05) is 18.2 Å². The third-order valence-corrected chi connectivity index (χ3v) is 6.22. The lowest BCUT2D eigenvalue weighted by Gasteiger charge is -2.13. The number of hydrogen-bond donors (Lipinski definition) is 2. The molecule has 0 radical (unpaired) electrons. The average Bonchev–Trinajstić information content (AvgIpc) is 3.45. The first-order chi connectivity index (χ1) is 19.1. The van der Waals surface area contributed by atoms with Crippen molar-refractivity contribution in [3.8, 4) is 28.4 Å². The fraction of sp³-hybridized carbons (Fsp3) is 0.115. The van der Waals surface area contributed by atoms with Crippen LogP contribution in [0.1, 0.15) is 11.4 Å². The first-order valence-electron chi connectivity index (χ1n) is 11.8. The van der Waals surface area contributed by atoms with Crippen molar-refractivity contribution in [1.29, 1.82) is 0 Å². The molecular weight excluding hydrogens is 529 g/mol. The van der Waals surface area contributed by atoms with E-state index in [2.05, 4.69) is 24.9 Å². The third-order valence-electron chi connectivity index (χ3n) is 6.22. The Morgan fingerprint density at radius 3 is 2.58 bits per heavy atom. The summed E-state index contributed by atoms with van der Waals surface area (Å²) in [6, 6.07) is 13.8. The van der Waals surface area contributed by atoms with Crippen LogP contribution in [0.25, 0.3) is 33.5 Å². The number of para-hydroxylation sites is 1. The zero-order valence-corrected chi connectivity index (χ0v) is 20.7. The van der Waals surface area contributed by atoms with E-state index >= 15 is 0 Å². The third kappa shape index (κ3) is 4.34. The number of ether oxygens (including phenoxy) is 1. The van der Waals surface area contributed by atoms with Gasteiger partial charge in [0.05, 0.1) is 11.1 Å². The van der Waals surface area contributed by atoms with E-state index in [1.165, 1.54) is 26.2 Å². The van der Waals surface area contributed by atoms with Gasteiger partial charge in [-0.3, -0.25) is 9.36 Å². The predicted octanol–water partition coefficient (Wildman–Crippen LogP) is 3.84. The molecule has 0 saturated heterocycles. The van der Waals surface area contributed by atoms with Gasteiger partial charge in [-0.2, -0.15) is 10.2 Å². The van der Waals surface area contributed by atoms with Gasteiger partial charge >= 0.3 is 6.36 Å². The number of rotatable bonds is 5. The summed E-state index contributed by atoms with van der Waals surface area (Å²) in [5.74, 6) is -0.821. The number of halogens is 3. The normalized spacial score (nSPS) is 11.9. The van der Waals surface area contributed by atoms with Gasteiger partial charge in [-0.25, -0.2) is 19.2 Å². The lowest BCUT2D eigenvalue weighted by atomic mass is 10.1. The summed E-state index contributed by atoms with van der Waals surface area (Å²) in [5, 5.41) is 19.6. The van der Waals surface area contributed by atoms with Crippen LogP contribution >= 0.6 is 0 Å². The number of fused-ring (bicyclic) bond motifs is 2. The first-order valence-corrected chi connectivity index (χ1v) is 11.8. The van der Waals surface area contributed by atoms with Crippen molar-refractivity contribution in [2.24, 2.45) is 0 Å². The summed E-state index contributed by atoms with van der Waals surface area (Å²) in [6.45, 7) is 1.74. The van der Waals surface area contributed by atoms with Crippen LogP contribution in [0.3, 0.4) is 0 Å². The van der Waals surface area contributed by atoms with Crippen LogP contribution in [0.15, 0.2) is 71.9 Å². The maximum absolute atomic E-state index is 13.6. The molecule has 11 nitrogen and oxygen atoms in total. The number of phenols is 1. The predicted molar refractivity (Wildman–Crippen MR) is 138 cm³/mol. The second kappa shape index (κ2) is 9.11. The van der Waals surface area contributed by atoms with Gasteiger partial charge in [0, 0.05) is 17.8 Å². The van der Waals surface area contributed by atoms with Crippen LogP contribution in [0.4, 0.5) is 19.0 Å². The zero-order chi connectivity index (χ0) is 28.2. The molecule has 3 N–H and O–H groups in total. The SMILES string of the molecule is Cc1ccn2nc(Cn3nc(-c4cc(O)cc(OC(F)(F)F)c4)c4c(N)ncnc43)n(-c3ccccc3)c(=O)c12. The molecule has 0 fully saturated rings. The molecule has 0 aliphatic rings. The molecule has 0 spiro atoms. The van der Waals surface area contributed by atoms with Crippen LogP contribution in [0.5, 0.6) is 11.5 Å². The van der Waals surface area contributed by atoms with Crippen LogP contribution in [-0.2, 0) is 6.54 Å². The Morgan fingerprint density at radius 1 is 1.05 bits per heavy atom. The molecule has 6 aromatic rings. The molecular formula is C26H19F3N8O3. The number of phenolic OH excluding ortho intramolecular Hbond substituents is 1. The van der Waals surface area contributed by atoms with Gasteiger partial charge in [0.1, 0.15) is 41.4 Å². The molecule has 2 aromatic carbocycles. The fourth-order valence-corrected chi connectivity index (χ4v) is 4.59. The molecule has 0 bridgehead atoms. The van der Waals surface area contributed by atoms with E-state index in [9.17, 15) is 23.1 Å². The molecule has 4 heterocycles. The molecule has 4 aromatic heterocycles. The molecule has 14 heteroatoms. The van der Waals surface area contributed by atoms with E-state index in [0.29, 0.717) is 17.0 Å². The zero-order valence-electron chi connectivity index (χ0n) is 20.7. The molecule has 0 saturated carbocycles. The second-order valence-corrected chi connectivity index (χ2v) is 8.91. The van der Waals surface area contributed by atoms with E-state index in [-0.39, 0.29) is 40.2 Å². The van der Waals surface area contributed by atoms with Gasteiger partial charge in [0.15, 0.2) is 11.5 Å². The Labute approximate surface area is 222 Å². The van der Waals surface area contributed by atoms with Crippen molar-refractivity contribution in [1.82, 2.24) is 33.9 Å². The summed E-state index contributed by atoms with van der Waals surface area (Å²) in [4.78, 5) is 21.9. The Hall–Kier alpha value is -5.40. The van der Waals surface area contributed by atoms with Gasteiger partial charge in [0.25, 0.3) is 5.56 Å². The van der Waals surface area contributed by atoms with Crippen molar-refractivity contribution in [3.63, 3.8) is 0 Å². The van der Waals surface area contributed by atoms with Gasteiger partial charge in [-0.15, -0.1) is 13.2 Å². The minimum Gasteiger partial charge on any atom is -0.508 e. The van der Waals surface area contributed by atoms with Crippen LogP contribution in [0.2, 0.25) is 0 Å². The Kier molecular flexibility index (Phi) is 5.67. The molecule has 0 aliphatic carbocycles. The summed E-state index contributed by atoms with van der Waals surface area (Å²) < 4.78 is 47.0. The van der Waals surface area contributed by atoms with Crippen molar-refractivity contribution in [2.75, 3.05) is 5.73 Å². The van der Waals surface area contributed by atoms with Gasteiger partial charge < -0.3 is 15.6 Å². The Morgan fingerprint density at radius 2 is 1.82 bits per heavy atom. The van der Waals surface area contributed by atoms with Crippen molar-refractivity contribution in [2.45, 2.75) is 19.8 Å². The largest absolute Gasteiger partial charge is 0.573 e. The average molecular weight is 548 g/mol. The number of aromatic nitrogens is 7. The molecule has 202 valence electrons. The highest BCUT2D eigenvalue weighted by molar-refractivity contribution is 5.98. The van der Waals surface area contributed by atoms with Crippen molar-refractivity contribution in [3.05, 3.63) is 88.9 Å². The highest BCUT2D eigenvalue weighted by atomic mass is 19.4. The molecule has 0 aliphatic heterocycles. The van der Waals surface area contributed by atoms with Crippen molar-refractivity contribution >= 4 is 22.4 Å². The van der Waals surface area contributed by atoms with Crippen LogP contribution < -0.4 is 16.0 Å². The van der Waals surface area contributed by atoms with E-state index in [0.717, 1.165) is 17.7 Å². The van der Waals surface area contributed by atoms with Crippen LogP contribution in [0, 0.1) is 6.92 Å². The monoisotopic (exact) mass is 548 g/mol. The summed E-state index contributed by atoms with van der Waals surface area (Å²) in [6.07, 6.45) is -2.08. The number of aryl methyl sites for hydroxylation is 1. The smallest absolute Gasteiger partial charge is 0.508 e. The molecule has 40 heavy (non-hydrogen) atoms. The number of benzene rings is 2. The summed E-state index contributed by atoms with van der Waals surface area (Å²) >= 11 is 0. The van der Waals surface area contributed by atoms with Gasteiger partial charge in [0.2, 0.25) is 0 Å². The fourth-order valence-electron chi connectivity index (χ4n) is 4.59. The number of nitrogens with two attached hydrogens (primary N) is 1. The van der Waals surface area contributed by atoms with Crippen molar-refractivity contribution < 1.29 is 23.0 Å². The number of anilines is 1. The topological polar surface area (TPSA) is 138 Å². The minimum atomic E-state index is -4.98. The molecule has 6 rings (SSSR count). The van der Waals surface area contributed by atoms with E-state index in [4.69, 9.17) is 5.73 Å². The standard InChI is InChI=1S/C26H19F3N8O3/c1-14-7-8-35-22(14)25(39)37(16-5-3-2-4-6-16)19(33-35)12-36-24-20(23(30)31-13-32-24)21(34-36)15-9-17(38)11-18(10-15)40-26(27,28)29/h2-11,13,38H,12H2,1H3,(H2,30,31,32). The number of hydrogen-bond acceptors (Lipinski definition) is 8. The molecule has 0 amide bonds. The highest BCUT2D eigenvalue weighted by Crippen LogP contribution is 2.36. The first kappa shape index (κ1) is 24.9. The van der Waals surface area contributed by atoms with E-state index in [1.807, 2.05) is 13.0 Å². The maximum atomic E-state index is 13.6. The highest BCUT2D eigenvalue weighted by Gasteiger charge is 2.32. The van der Waals surface area contributed by atoms with Gasteiger partial charge in [-0.05, 0) is 42.8 Å². The number of nitrogens with zero attached hydrogens (tertiary/aromatic N) is 7. The summed E-state index contributed by atoms with van der Waals surface area (Å²) in [7, 11) is 0. The van der Waals surface area contributed by atoms with E-state index in [1.54, 1.807) is 36.5 Å². The number of aromatic hydroxyl groups is 1. The minimum absolute atomic E-state index is 0.0118. The molecule has 0 unspecified atom stereocenters. The Bertz CT molecular complexity index is 1960. The lowest BCUT2D eigenvalue weighted by Crippen LogP contribution is -2.28. The quantitative estimate of drug-likeness (QED) is 0.332. The number of nitrogen functional groups attached to an aromatic ring is 1. The Balaban J connectivity index is 1.56. The summed E-state index contributed by atoms with van der Waals surface area (Å²) in [5.41, 5.74) is 8.00. The lowest BCUT2D eigenvalue weighted by molar-refractivity contribution is -0.274.